The highest BCUT2D eigenvalue weighted by atomic mass is 32.2. The van der Waals surface area contributed by atoms with E-state index in [-0.39, 0.29) is 4.90 Å². The molecule has 0 amide bonds. The molecule has 1 N–H and O–H groups in total. The van der Waals surface area contributed by atoms with Gasteiger partial charge in [-0.25, -0.2) is 12.7 Å². The first-order valence-electron chi connectivity index (χ1n) is 5.91. The van der Waals surface area contributed by atoms with Gasteiger partial charge in [-0.1, -0.05) is 0 Å². The number of alkyl halides is 3. The Morgan fingerprint density at radius 2 is 2.00 bits per heavy atom. The molecule has 0 spiro atoms. The highest BCUT2D eigenvalue weighted by Crippen LogP contribution is 2.22. The SMILES string of the molecule is CNCc1cc(S(=O)(=O)N(C)CCC(F)(F)F)cn1C. The van der Waals surface area contributed by atoms with Crippen LogP contribution >= 0.6 is 0 Å². The summed E-state index contributed by atoms with van der Waals surface area (Å²) in [7, 11) is 0.649. The lowest BCUT2D eigenvalue weighted by atomic mass is 10.4. The summed E-state index contributed by atoms with van der Waals surface area (Å²) < 4.78 is 63.1. The molecule has 0 atom stereocenters. The van der Waals surface area contributed by atoms with E-state index < -0.39 is 29.2 Å². The highest BCUT2D eigenvalue weighted by Gasteiger charge is 2.30. The average molecular weight is 313 g/mol. The second-order valence-corrected chi connectivity index (χ2v) is 6.55. The van der Waals surface area contributed by atoms with E-state index >= 15 is 0 Å². The predicted octanol–water partition coefficient (Wildman–Crippen LogP) is 1.32. The third kappa shape index (κ3) is 4.22. The van der Waals surface area contributed by atoms with Crippen molar-refractivity contribution in [3.63, 3.8) is 0 Å². The molecule has 116 valence electrons. The number of aromatic nitrogens is 1. The summed E-state index contributed by atoms with van der Waals surface area (Å²) in [4.78, 5) is -0.00470. The summed E-state index contributed by atoms with van der Waals surface area (Å²) in [6.07, 6.45) is -4.15. The summed E-state index contributed by atoms with van der Waals surface area (Å²) in [5.74, 6) is 0. The monoisotopic (exact) mass is 313 g/mol. The van der Waals surface area contributed by atoms with Crippen molar-refractivity contribution in [1.29, 1.82) is 0 Å². The van der Waals surface area contributed by atoms with Gasteiger partial charge in [0.1, 0.15) is 4.90 Å². The Kier molecular flexibility index (Phi) is 5.22. The van der Waals surface area contributed by atoms with Crippen LogP contribution in [0, 0.1) is 0 Å². The van der Waals surface area contributed by atoms with Crippen LogP contribution in [0.3, 0.4) is 0 Å². The van der Waals surface area contributed by atoms with Crippen molar-refractivity contribution in [1.82, 2.24) is 14.2 Å². The standard InChI is InChI=1S/C11H18F3N3O2S/c1-15-7-9-6-10(8-16(9)2)20(18,19)17(3)5-4-11(12,13)14/h6,8,15H,4-5,7H2,1-3H3. The summed E-state index contributed by atoms with van der Waals surface area (Å²) >= 11 is 0. The minimum absolute atomic E-state index is 0.00470. The zero-order valence-electron chi connectivity index (χ0n) is 11.5. The number of rotatable bonds is 6. The zero-order valence-corrected chi connectivity index (χ0v) is 12.3. The first kappa shape index (κ1) is 17.0. The van der Waals surface area contributed by atoms with Crippen LogP contribution in [0.2, 0.25) is 0 Å². The Hall–Kier alpha value is -1.06. The van der Waals surface area contributed by atoms with Crippen LogP contribution < -0.4 is 5.32 Å². The number of nitrogens with one attached hydrogen (secondary N) is 1. The molecule has 0 radical (unpaired) electrons. The molecule has 0 aliphatic carbocycles. The zero-order chi connectivity index (χ0) is 15.6. The van der Waals surface area contributed by atoms with Crippen molar-refractivity contribution >= 4 is 10.0 Å². The Balaban J connectivity index is 2.90. The molecule has 20 heavy (non-hydrogen) atoms. The minimum atomic E-state index is -4.38. The Bertz CT molecular complexity index is 552. The van der Waals surface area contributed by atoms with Crippen LogP contribution in [0.1, 0.15) is 12.1 Å². The van der Waals surface area contributed by atoms with Gasteiger partial charge >= 0.3 is 6.18 Å². The van der Waals surface area contributed by atoms with E-state index in [2.05, 4.69) is 5.32 Å². The number of hydrogen-bond donors (Lipinski definition) is 1. The maximum Gasteiger partial charge on any atom is 0.390 e. The van der Waals surface area contributed by atoms with Gasteiger partial charge in [0.2, 0.25) is 10.0 Å². The van der Waals surface area contributed by atoms with Crippen molar-refractivity contribution < 1.29 is 21.6 Å². The lowest BCUT2D eigenvalue weighted by Crippen LogP contribution is -2.30. The normalized spacial score (nSPS) is 13.2. The molecule has 0 saturated carbocycles. The molecule has 0 fully saturated rings. The fraction of sp³-hybridized carbons (Fsp3) is 0.636. The Labute approximate surface area is 116 Å². The molecule has 9 heteroatoms. The van der Waals surface area contributed by atoms with E-state index in [0.29, 0.717) is 6.54 Å². The predicted molar refractivity (Wildman–Crippen MR) is 68.7 cm³/mol. The molecule has 1 aromatic rings. The second kappa shape index (κ2) is 6.15. The van der Waals surface area contributed by atoms with E-state index in [4.69, 9.17) is 0 Å². The maximum absolute atomic E-state index is 12.1. The van der Waals surface area contributed by atoms with Crippen LogP contribution in [0.25, 0.3) is 0 Å². The largest absolute Gasteiger partial charge is 0.390 e. The van der Waals surface area contributed by atoms with Crippen molar-refractivity contribution in [3.8, 4) is 0 Å². The Morgan fingerprint density at radius 1 is 1.40 bits per heavy atom. The quantitative estimate of drug-likeness (QED) is 0.862. The molecule has 0 saturated heterocycles. The fourth-order valence-electron chi connectivity index (χ4n) is 1.66. The molecular weight excluding hydrogens is 295 g/mol. The number of halogens is 3. The smallest absolute Gasteiger partial charge is 0.352 e. The Morgan fingerprint density at radius 3 is 2.50 bits per heavy atom. The average Bonchev–Trinajstić information content (AvgIpc) is 2.68. The van der Waals surface area contributed by atoms with E-state index in [1.54, 1.807) is 18.7 Å². The van der Waals surface area contributed by atoms with Gasteiger partial charge in [-0.2, -0.15) is 13.2 Å². The molecule has 1 rings (SSSR count). The molecule has 0 unspecified atom stereocenters. The summed E-state index contributed by atoms with van der Waals surface area (Å²) in [5, 5.41) is 2.89. The number of sulfonamides is 1. The molecule has 0 bridgehead atoms. The molecule has 1 aromatic heterocycles. The lowest BCUT2D eigenvalue weighted by molar-refractivity contribution is -0.135. The molecule has 0 aromatic carbocycles. The molecule has 0 aliphatic rings. The topological polar surface area (TPSA) is 54.3 Å². The highest BCUT2D eigenvalue weighted by molar-refractivity contribution is 7.89. The van der Waals surface area contributed by atoms with Crippen molar-refractivity contribution in [2.75, 3.05) is 20.6 Å². The van der Waals surface area contributed by atoms with Gasteiger partial charge in [0, 0.05) is 39.1 Å². The van der Waals surface area contributed by atoms with Gasteiger partial charge in [-0.3, -0.25) is 0 Å². The van der Waals surface area contributed by atoms with E-state index in [9.17, 15) is 21.6 Å². The molecular formula is C11H18F3N3O2S. The molecule has 1 heterocycles. The minimum Gasteiger partial charge on any atom is -0.352 e. The van der Waals surface area contributed by atoms with Crippen LogP contribution in [0.5, 0.6) is 0 Å². The van der Waals surface area contributed by atoms with Gasteiger partial charge < -0.3 is 9.88 Å². The van der Waals surface area contributed by atoms with Gasteiger partial charge in [0.15, 0.2) is 0 Å². The van der Waals surface area contributed by atoms with Gasteiger partial charge in [-0.05, 0) is 13.1 Å². The number of nitrogens with zero attached hydrogens (tertiary/aromatic N) is 2. The van der Waals surface area contributed by atoms with Gasteiger partial charge in [0.25, 0.3) is 0 Å². The number of aryl methyl sites for hydroxylation is 1. The third-order valence-electron chi connectivity index (χ3n) is 2.86. The maximum atomic E-state index is 12.1. The fourth-order valence-corrected chi connectivity index (χ4v) is 2.93. The van der Waals surface area contributed by atoms with E-state index in [0.717, 1.165) is 17.0 Å². The molecule has 5 nitrogen and oxygen atoms in total. The van der Waals surface area contributed by atoms with Crippen LogP contribution in [0.4, 0.5) is 13.2 Å². The first-order chi connectivity index (χ1) is 9.08. The van der Waals surface area contributed by atoms with Gasteiger partial charge in [0.05, 0.1) is 6.42 Å². The lowest BCUT2D eigenvalue weighted by Gasteiger charge is -2.17. The van der Waals surface area contributed by atoms with Crippen molar-refractivity contribution in [2.24, 2.45) is 7.05 Å². The summed E-state index contributed by atoms with van der Waals surface area (Å²) in [5.41, 5.74) is 0.732. The van der Waals surface area contributed by atoms with E-state index in [1.807, 2.05) is 0 Å². The summed E-state index contributed by atoms with van der Waals surface area (Å²) in [6, 6.07) is 1.45. The van der Waals surface area contributed by atoms with Crippen molar-refractivity contribution in [2.45, 2.75) is 24.0 Å². The number of hydrogen-bond acceptors (Lipinski definition) is 3. The van der Waals surface area contributed by atoms with E-state index in [1.165, 1.54) is 12.3 Å². The van der Waals surface area contributed by atoms with Crippen LogP contribution in [0.15, 0.2) is 17.2 Å². The molecule has 0 aliphatic heterocycles. The first-order valence-corrected chi connectivity index (χ1v) is 7.35. The second-order valence-electron chi connectivity index (χ2n) is 4.50. The van der Waals surface area contributed by atoms with Crippen LogP contribution in [-0.2, 0) is 23.6 Å². The van der Waals surface area contributed by atoms with Crippen LogP contribution in [-0.4, -0.2) is 44.1 Å². The summed E-state index contributed by atoms with van der Waals surface area (Å²) in [6.45, 7) is -0.125. The van der Waals surface area contributed by atoms with Crippen molar-refractivity contribution in [3.05, 3.63) is 18.0 Å². The third-order valence-corrected chi connectivity index (χ3v) is 4.68. The van der Waals surface area contributed by atoms with Gasteiger partial charge in [-0.15, -0.1) is 0 Å².